The maximum atomic E-state index is 12.4. The van der Waals surface area contributed by atoms with Gasteiger partial charge in [0.2, 0.25) is 5.91 Å². The molecule has 1 saturated heterocycles. The van der Waals surface area contributed by atoms with Crippen molar-refractivity contribution in [2.45, 2.75) is 45.3 Å². The summed E-state index contributed by atoms with van der Waals surface area (Å²) in [6.07, 6.45) is 2.22. The van der Waals surface area contributed by atoms with Crippen molar-refractivity contribution in [3.63, 3.8) is 0 Å². The Labute approximate surface area is 153 Å². The first-order chi connectivity index (χ1) is 12.1. The molecule has 1 fully saturated rings. The number of nitrogens with zero attached hydrogens (tertiary/aromatic N) is 4. The largest absolute Gasteiger partial charge is 0.342 e. The Balaban J connectivity index is 1.68. The fourth-order valence-electron chi connectivity index (χ4n) is 3.15. The zero-order chi connectivity index (χ0) is 17.8. The van der Waals surface area contributed by atoms with E-state index in [4.69, 9.17) is 0 Å². The smallest absolute Gasteiger partial charge is 0.233 e. The second kappa shape index (κ2) is 8.04. The van der Waals surface area contributed by atoms with Gasteiger partial charge in [0, 0.05) is 25.2 Å². The molecule has 1 aromatic heterocycles. The van der Waals surface area contributed by atoms with E-state index >= 15 is 0 Å². The van der Waals surface area contributed by atoms with Crippen LogP contribution in [0.5, 0.6) is 0 Å². The third-order valence-electron chi connectivity index (χ3n) is 4.77. The van der Waals surface area contributed by atoms with E-state index in [2.05, 4.69) is 53.7 Å². The van der Waals surface area contributed by atoms with Gasteiger partial charge in [0.25, 0.3) is 0 Å². The molecule has 1 aliphatic heterocycles. The van der Waals surface area contributed by atoms with Gasteiger partial charge in [0.05, 0.1) is 5.75 Å². The quantitative estimate of drug-likeness (QED) is 0.766. The predicted octanol–water partition coefficient (Wildman–Crippen LogP) is 3.62. The topological polar surface area (TPSA) is 51.0 Å². The summed E-state index contributed by atoms with van der Waals surface area (Å²) in [4.78, 5) is 14.4. The SMILES string of the molecule is CCn1c(SCC(=O)N2CCC(C)CC2)nnc1-c1cccc(C)c1. The highest BCUT2D eigenvalue weighted by Crippen LogP contribution is 2.25. The van der Waals surface area contributed by atoms with Crippen molar-refractivity contribution in [1.82, 2.24) is 19.7 Å². The van der Waals surface area contributed by atoms with Gasteiger partial charge in [-0.3, -0.25) is 4.79 Å². The van der Waals surface area contributed by atoms with E-state index < -0.39 is 0 Å². The van der Waals surface area contributed by atoms with E-state index in [0.29, 0.717) is 5.75 Å². The van der Waals surface area contributed by atoms with Crippen LogP contribution in [0, 0.1) is 12.8 Å². The monoisotopic (exact) mass is 358 g/mol. The zero-order valence-corrected chi connectivity index (χ0v) is 16.1. The van der Waals surface area contributed by atoms with Crippen molar-refractivity contribution < 1.29 is 4.79 Å². The molecule has 3 rings (SSSR count). The Morgan fingerprint density at radius 2 is 2.04 bits per heavy atom. The Bertz CT molecular complexity index is 735. The van der Waals surface area contributed by atoms with Crippen molar-refractivity contribution in [1.29, 1.82) is 0 Å². The van der Waals surface area contributed by atoms with Gasteiger partial charge in [0.1, 0.15) is 0 Å². The summed E-state index contributed by atoms with van der Waals surface area (Å²) < 4.78 is 2.09. The second-order valence-electron chi connectivity index (χ2n) is 6.77. The number of aryl methyl sites for hydroxylation is 1. The van der Waals surface area contributed by atoms with Gasteiger partial charge in [-0.15, -0.1) is 10.2 Å². The molecule has 2 aromatic rings. The average Bonchev–Trinajstić information content (AvgIpc) is 3.03. The number of thioether (sulfide) groups is 1. The van der Waals surface area contributed by atoms with Crippen molar-refractivity contribution in [2.24, 2.45) is 5.92 Å². The van der Waals surface area contributed by atoms with Gasteiger partial charge >= 0.3 is 0 Å². The maximum absolute atomic E-state index is 12.4. The molecule has 134 valence electrons. The van der Waals surface area contributed by atoms with Gasteiger partial charge in [-0.25, -0.2) is 0 Å². The number of hydrogen-bond acceptors (Lipinski definition) is 4. The molecule has 25 heavy (non-hydrogen) atoms. The summed E-state index contributed by atoms with van der Waals surface area (Å²) >= 11 is 1.49. The molecule has 0 N–H and O–H groups in total. The van der Waals surface area contributed by atoms with E-state index in [1.807, 2.05) is 11.0 Å². The molecule has 5 nitrogen and oxygen atoms in total. The fraction of sp³-hybridized carbons (Fsp3) is 0.526. The minimum absolute atomic E-state index is 0.208. The Hall–Kier alpha value is -1.82. The first-order valence-corrected chi connectivity index (χ1v) is 9.98. The summed E-state index contributed by atoms with van der Waals surface area (Å²) in [5.41, 5.74) is 2.27. The predicted molar refractivity (Wildman–Crippen MR) is 102 cm³/mol. The van der Waals surface area contributed by atoms with Gasteiger partial charge in [-0.1, -0.05) is 42.4 Å². The van der Waals surface area contributed by atoms with Crippen LogP contribution in [0.25, 0.3) is 11.4 Å². The summed E-state index contributed by atoms with van der Waals surface area (Å²) in [5, 5.41) is 9.51. The maximum Gasteiger partial charge on any atom is 0.233 e. The lowest BCUT2D eigenvalue weighted by Crippen LogP contribution is -2.38. The number of amides is 1. The highest BCUT2D eigenvalue weighted by atomic mass is 32.2. The van der Waals surface area contributed by atoms with Crippen LogP contribution < -0.4 is 0 Å². The van der Waals surface area contributed by atoms with Gasteiger partial charge in [-0.2, -0.15) is 0 Å². The van der Waals surface area contributed by atoms with Crippen LogP contribution in [0.15, 0.2) is 29.4 Å². The molecule has 6 heteroatoms. The molecule has 0 bridgehead atoms. The number of likely N-dealkylation sites (tertiary alicyclic amines) is 1. The molecule has 0 unspecified atom stereocenters. The van der Waals surface area contributed by atoms with Crippen LogP contribution in [-0.2, 0) is 11.3 Å². The summed E-state index contributed by atoms with van der Waals surface area (Å²) in [7, 11) is 0. The molecule has 0 saturated carbocycles. The number of aromatic nitrogens is 3. The number of piperidine rings is 1. The van der Waals surface area contributed by atoms with Crippen LogP contribution in [0.1, 0.15) is 32.3 Å². The van der Waals surface area contributed by atoms with Crippen LogP contribution in [0.2, 0.25) is 0 Å². The van der Waals surface area contributed by atoms with Crippen LogP contribution in [0.4, 0.5) is 0 Å². The summed E-state index contributed by atoms with van der Waals surface area (Å²) in [6.45, 7) is 8.97. The Morgan fingerprint density at radius 3 is 2.72 bits per heavy atom. The highest BCUT2D eigenvalue weighted by Gasteiger charge is 2.21. The number of rotatable bonds is 5. The van der Waals surface area contributed by atoms with Gasteiger partial charge in [-0.05, 0) is 38.7 Å². The minimum Gasteiger partial charge on any atom is -0.342 e. The van der Waals surface area contributed by atoms with E-state index in [-0.39, 0.29) is 5.91 Å². The van der Waals surface area contributed by atoms with Crippen LogP contribution in [0.3, 0.4) is 0 Å². The van der Waals surface area contributed by atoms with E-state index in [1.54, 1.807) is 0 Å². The zero-order valence-electron chi connectivity index (χ0n) is 15.2. The van der Waals surface area contributed by atoms with Crippen molar-refractivity contribution in [2.75, 3.05) is 18.8 Å². The number of hydrogen-bond donors (Lipinski definition) is 0. The first kappa shape index (κ1) is 18.0. The van der Waals surface area contributed by atoms with Gasteiger partial charge in [0.15, 0.2) is 11.0 Å². The standard InChI is InChI=1S/C19H26N4OS/c1-4-23-18(16-7-5-6-15(3)12-16)20-21-19(23)25-13-17(24)22-10-8-14(2)9-11-22/h5-7,12,14H,4,8-11,13H2,1-3H3. The van der Waals surface area contributed by atoms with Crippen molar-refractivity contribution in [3.8, 4) is 11.4 Å². The molecule has 2 heterocycles. The molecule has 0 radical (unpaired) electrons. The molecule has 1 aromatic carbocycles. The minimum atomic E-state index is 0.208. The third kappa shape index (κ3) is 4.24. The summed E-state index contributed by atoms with van der Waals surface area (Å²) in [5.74, 6) is 2.24. The molecule has 0 spiro atoms. The third-order valence-corrected chi connectivity index (χ3v) is 5.72. The number of carbonyl (C=O) groups excluding carboxylic acids is 1. The Kier molecular flexibility index (Phi) is 5.78. The normalized spacial score (nSPS) is 15.6. The van der Waals surface area contributed by atoms with E-state index in [9.17, 15) is 4.79 Å². The second-order valence-corrected chi connectivity index (χ2v) is 7.71. The highest BCUT2D eigenvalue weighted by molar-refractivity contribution is 7.99. The van der Waals surface area contributed by atoms with Crippen molar-refractivity contribution in [3.05, 3.63) is 29.8 Å². The lowest BCUT2D eigenvalue weighted by molar-refractivity contribution is -0.129. The lowest BCUT2D eigenvalue weighted by atomic mass is 9.99. The number of benzene rings is 1. The van der Waals surface area contributed by atoms with Crippen molar-refractivity contribution >= 4 is 17.7 Å². The van der Waals surface area contributed by atoms with Crippen LogP contribution >= 0.6 is 11.8 Å². The molecular formula is C19H26N4OS. The molecular weight excluding hydrogens is 332 g/mol. The van der Waals surface area contributed by atoms with Crippen LogP contribution in [-0.4, -0.2) is 44.4 Å². The molecule has 0 aliphatic carbocycles. The first-order valence-electron chi connectivity index (χ1n) is 8.99. The van der Waals surface area contributed by atoms with E-state index in [0.717, 1.165) is 54.9 Å². The molecule has 1 aliphatic rings. The number of carbonyl (C=O) groups is 1. The lowest BCUT2D eigenvalue weighted by Gasteiger charge is -2.30. The van der Waals surface area contributed by atoms with Gasteiger partial charge < -0.3 is 9.47 Å². The molecule has 1 amide bonds. The van der Waals surface area contributed by atoms with E-state index in [1.165, 1.54) is 17.3 Å². The molecule has 0 atom stereocenters. The average molecular weight is 359 g/mol. The Morgan fingerprint density at radius 1 is 1.28 bits per heavy atom. The fourth-order valence-corrected chi connectivity index (χ4v) is 4.06. The summed E-state index contributed by atoms with van der Waals surface area (Å²) in [6, 6.07) is 8.28.